The average molecular weight is 380 g/mol. The van der Waals surface area contributed by atoms with Crippen LogP contribution in [0.15, 0.2) is 0 Å². The van der Waals surface area contributed by atoms with Crippen molar-refractivity contribution in [1.82, 2.24) is 4.90 Å². The van der Waals surface area contributed by atoms with Crippen LogP contribution in [-0.2, 0) is 9.47 Å². The molecule has 4 saturated carbocycles. The Labute approximate surface area is 163 Å². The number of amides is 1. The number of rotatable bonds is 5. The third kappa shape index (κ3) is 4.00. The van der Waals surface area contributed by atoms with Crippen LogP contribution in [0.25, 0.3) is 0 Å². The maximum Gasteiger partial charge on any atom is 0.410 e. The molecule has 27 heavy (non-hydrogen) atoms. The molecule has 0 aromatic carbocycles. The zero-order valence-electron chi connectivity index (χ0n) is 17.3. The second kappa shape index (κ2) is 7.22. The van der Waals surface area contributed by atoms with Crippen LogP contribution in [0.1, 0.15) is 78.6 Å². The highest BCUT2D eigenvalue weighted by Gasteiger charge is 2.55. The molecule has 1 amide bonds. The number of piperidine rings is 1. The van der Waals surface area contributed by atoms with Gasteiger partial charge >= 0.3 is 6.09 Å². The van der Waals surface area contributed by atoms with E-state index in [2.05, 4.69) is 0 Å². The Morgan fingerprint density at radius 1 is 1.11 bits per heavy atom. The van der Waals surface area contributed by atoms with E-state index in [1.807, 2.05) is 20.8 Å². The second-order valence-corrected chi connectivity index (χ2v) is 10.4. The van der Waals surface area contributed by atoms with E-state index in [1.54, 1.807) is 4.90 Å². The van der Waals surface area contributed by atoms with E-state index in [9.17, 15) is 9.90 Å². The molecular formula is C22H37NO4. The van der Waals surface area contributed by atoms with E-state index in [4.69, 9.17) is 9.47 Å². The van der Waals surface area contributed by atoms with Gasteiger partial charge < -0.3 is 19.5 Å². The van der Waals surface area contributed by atoms with Gasteiger partial charge in [0.15, 0.2) is 6.29 Å². The Balaban J connectivity index is 1.28. The summed E-state index contributed by atoms with van der Waals surface area (Å²) in [6.45, 7) is 7.22. The molecule has 5 aliphatic rings. The third-order valence-corrected chi connectivity index (χ3v) is 7.85. The van der Waals surface area contributed by atoms with E-state index in [1.165, 1.54) is 19.3 Å². The molecule has 4 bridgehead atoms. The summed E-state index contributed by atoms with van der Waals surface area (Å²) >= 11 is 0. The minimum absolute atomic E-state index is 0.00989. The first-order chi connectivity index (χ1) is 12.8. The lowest BCUT2D eigenvalue weighted by molar-refractivity contribution is -0.249. The van der Waals surface area contributed by atoms with Crippen LogP contribution in [0.4, 0.5) is 4.79 Å². The molecule has 1 unspecified atom stereocenters. The fourth-order valence-electron chi connectivity index (χ4n) is 6.35. The number of hydrogen-bond donors (Lipinski definition) is 1. The van der Waals surface area contributed by atoms with Gasteiger partial charge in [-0.05, 0) is 89.4 Å². The Kier molecular flexibility index (Phi) is 5.21. The van der Waals surface area contributed by atoms with E-state index < -0.39 is 11.9 Å². The molecule has 1 aliphatic heterocycles. The Morgan fingerprint density at radius 3 is 2.11 bits per heavy atom. The minimum atomic E-state index is -0.631. The molecule has 1 atom stereocenters. The van der Waals surface area contributed by atoms with Crippen LogP contribution in [-0.4, -0.2) is 47.2 Å². The normalized spacial score (nSPS) is 37.5. The van der Waals surface area contributed by atoms with Crippen LogP contribution < -0.4 is 0 Å². The molecule has 5 fully saturated rings. The molecule has 0 aromatic rings. The van der Waals surface area contributed by atoms with E-state index >= 15 is 0 Å². The highest BCUT2D eigenvalue weighted by atomic mass is 16.6. The Bertz CT molecular complexity index is 517. The molecule has 4 aliphatic carbocycles. The summed E-state index contributed by atoms with van der Waals surface area (Å²) in [6.07, 6.45) is 9.14. The summed E-state index contributed by atoms with van der Waals surface area (Å²) < 4.78 is 11.8. The SMILES string of the molecule is CCC(C)(C)OC(=O)N1CCC(OC(O)C23CC4CC(CC(C4)C2)C3)CC1. The topological polar surface area (TPSA) is 59.0 Å². The number of hydrogen-bond acceptors (Lipinski definition) is 4. The number of aliphatic hydroxyl groups excluding tert-OH is 1. The lowest BCUT2D eigenvalue weighted by atomic mass is 9.49. The molecule has 154 valence electrons. The molecule has 1 heterocycles. The van der Waals surface area contributed by atoms with Crippen LogP contribution in [0.5, 0.6) is 0 Å². The fourth-order valence-corrected chi connectivity index (χ4v) is 6.35. The maximum atomic E-state index is 12.3. The van der Waals surface area contributed by atoms with Gasteiger partial charge in [-0.15, -0.1) is 0 Å². The molecule has 5 rings (SSSR count). The smallest absolute Gasteiger partial charge is 0.410 e. The van der Waals surface area contributed by atoms with Gasteiger partial charge in [0.1, 0.15) is 5.60 Å². The molecule has 5 heteroatoms. The maximum absolute atomic E-state index is 12.3. The highest BCUT2D eigenvalue weighted by Crippen LogP contribution is 2.61. The quantitative estimate of drug-likeness (QED) is 0.723. The van der Waals surface area contributed by atoms with Crippen molar-refractivity contribution in [2.24, 2.45) is 23.2 Å². The van der Waals surface area contributed by atoms with Crippen molar-refractivity contribution in [2.45, 2.75) is 96.6 Å². The zero-order chi connectivity index (χ0) is 19.2. The first kappa shape index (κ1) is 19.5. The summed E-state index contributed by atoms with van der Waals surface area (Å²) in [5.41, 5.74) is -0.408. The van der Waals surface area contributed by atoms with Crippen molar-refractivity contribution < 1.29 is 19.4 Å². The highest BCUT2D eigenvalue weighted by molar-refractivity contribution is 5.68. The Hall–Kier alpha value is -0.810. The van der Waals surface area contributed by atoms with Crippen LogP contribution in [0.3, 0.4) is 0 Å². The number of nitrogens with zero attached hydrogens (tertiary/aromatic N) is 1. The summed E-state index contributed by atoms with van der Waals surface area (Å²) in [7, 11) is 0. The predicted octanol–water partition coefficient (Wildman–Crippen LogP) is 4.33. The summed E-state index contributed by atoms with van der Waals surface area (Å²) in [5.74, 6) is 2.44. The molecule has 0 spiro atoms. The van der Waals surface area contributed by atoms with Gasteiger partial charge in [0.05, 0.1) is 6.10 Å². The lowest BCUT2D eigenvalue weighted by Crippen LogP contribution is -2.53. The van der Waals surface area contributed by atoms with Gasteiger partial charge in [-0.1, -0.05) is 6.92 Å². The van der Waals surface area contributed by atoms with Crippen molar-refractivity contribution in [2.75, 3.05) is 13.1 Å². The first-order valence-electron chi connectivity index (χ1n) is 11.1. The van der Waals surface area contributed by atoms with Gasteiger partial charge in [0.25, 0.3) is 0 Å². The van der Waals surface area contributed by atoms with Crippen molar-refractivity contribution >= 4 is 6.09 Å². The van der Waals surface area contributed by atoms with Crippen molar-refractivity contribution in [3.8, 4) is 0 Å². The molecule has 1 N–H and O–H groups in total. The van der Waals surface area contributed by atoms with Gasteiger partial charge in [-0.25, -0.2) is 4.79 Å². The monoisotopic (exact) mass is 379 g/mol. The van der Waals surface area contributed by atoms with Crippen molar-refractivity contribution in [1.29, 1.82) is 0 Å². The molecule has 5 nitrogen and oxygen atoms in total. The van der Waals surface area contributed by atoms with E-state index in [0.29, 0.717) is 13.1 Å². The third-order valence-electron chi connectivity index (χ3n) is 7.85. The fraction of sp³-hybridized carbons (Fsp3) is 0.955. The van der Waals surface area contributed by atoms with Gasteiger partial charge in [0, 0.05) is 18.5 Å². The number of ether oxygens (including phenoxy) is 2. The molecule has 0 aromatic heterocycles. The van der Waals surface area contributed by atoms with Gasteiger partial charge in [-0.2, -0.15) is 0 Å². The van der Waals surface area contributed by atoms with Crippen LogP contribution in [0, 0.1) is 23.2 Å². The summed E-state index contributed by atoms with van der Waals surface area (Å²) in [4.78, 5) is 14.1. The van der Waals surface area contributed by atoms with Gasteiger partial charge in [0.2, 0.25) is 0 Å². The summed E-state index contributed by atoms with van der Waals surface area (Å²) in [5, 5.41) is 11.0. The predicted molar refractivity (Wildman–Crippen MR) is 103 cm³/mol. The van der Waals surface area contributed by atoms with Crippen LogP contribution >= 0.6 is 0 Å². The lowest BCUT2D eigenvalue weighted by Gasteiger charge is -2.58. The largest absolute Gasteiger partial charge is 0.443 e. The number of carbonyl (C=O) groups is 1. The minimum Gasteiger partial charge on any atom is -0.443 e. The molecular weight excluding hydrogens is 342 g/mol. The number of aliphatic hydroxyl groups is 1. The second-order valence-electron chi connectivity index (χ2n) is 10.4. The number of carbonyl (C=O) groups excluding carboxylic acids is 1. The summed E-state index contributed by atoms with van der Waals surface area (Å²) in [6, 6.07) is 0. The number of likely N-dealkylation sites (tertiary alicyclic amines) is 1. The van der Waals surface area contributed by atoms with Crippen molar-refractivity contribution in [3.05, 3.63) is 0 Å². The van der Waals surface area contributed by atoms with Crippen LogP contribution in [0.2, 0.25) is 0 Å². The first-order valence-corrected chi connectivity index (χ1v) is 11.1. The van der Waals surface area contributed by atoms with Gasteiger partial charge in [-0.3, -0.25) is 0 Å². The Morgan fingerprint density at radius 2 is 1.63 bits per heavy atom. The zero-order valence-corrected chi connectivity index (χ0v) is 17.3. The molecule has 1 saturated heterocycles. The molecule has 0 radical (unpaired) electrons. The van der Waals surface area contributed by atoms with E-state index in [0.717, 1.165) is 56.3 Å². The van der Waals surface area contributed by atoms with Crippen molar-refractivity contribution in [3.63, 3.8) is 0 Å². The van der Waals surface area contributed by atoms with E-state index in [-0.39, 0.29) is 17.6 Å². The average Bonchev–Trinajstić information content (AvgIpc) is 2.61. The standard InChI is InChI=1S/C22H37NO4/c1-4-21(2,3)27-20(25)23-7-5-18(6-8-23)26-19(24)22-12-15-9-16(13-22)11-17(10-15)14-22/h15-19,24H,4-14H2,1-3H3.